The molecule has 5 nitrogen and oxygen atoms in total. The van der Waals surface area contributed by atoms with E-state index in [9.17, 15) is 9.59 Å². The molecule has 0 spiro atoms. The fourth-order valence-electron chi connectivity index (χ4n) is 2.83. The Bertz CT molecular complexity index is 835. The van der Waals surface area contributed by atoms with Gasteiger partial charge in [0.15, 0.2) is 6.61 Å². The number of hydrogen-bond donors (Lipinski definition) is 2. The lowest BCUT2D eigenvalue weighted by atomic mass is 9.86. The highest BCUT2D eigenvalue weighted by atomic mass is 16.5. The molecule has 0 bridgehead atoms. The van der Waals surface area contributed by atoms with Crippen LogP contribution in [0.2, 0.25) is 0 Å². The van der Waals surface area contributed by atoms with E-state index < -0.39 is 0 Å². The van der Waals surface area contributed by atoms with E-state index in [0.29, 0.717) is 11.4 Å². The summed E-state index contributed by atoms with van der Waals surface area (Å²) in [6.07, 6.45) is 1.91. The molecule has 0 radical (unpaired) electrons. The monoisotopic (exact) mass is 366 g/mol. The molecular weight excluding hydrogens is 340 g/mol. The van der Waals surface area contributed by atoms with Gasteiger partial charge < -0.3 is 15.4 Å². The van der Waals surface area contributed by atoms with E-state index in [1.54, 1.807) is 18.2 Å². The molecule has 1 saturated carbocycles. The molecule has 2 amide bonds. The van der Waals surface area contributed by atoms with Crippen LogP contribution in [0.25, 0.3) is 0 Å². The summed E-state index contributed by atoms with van der Waals surface area (Å²) in [6.45, 7) is 6.22. The molecule has 2 aromatic carbocycles. The first-order chi connectivity index (χ1) is 12.8. The van der Waals surface area contributed by atoms with Crippen molar-refractivity contribution < 1.29 is 14.3 Å². The second-order valence-electron chi connectivity index (χ2n) is 7.92. The zero-order valence-corrected chi connectivity index (χ0v) is 16.0. The summed E-state index contributed by atoms with van der Waals surface area (Å²) in [5, 5.41) is 5.80. The van der Waals surface area contributed by atoms with Gasteiger partial charge in [-0.3, -0.25) is 9.59 Å². The van der Waals surface area contributed by atoms with Gasteiger partial charge in [0, 0.05) is 23.4 Å². The zero-order chi connectivity index (χ0) is 19.4. The van der Waals surface area contributed by atoms with Crippen molar-refractivity contribution in [2.45, 2.75) is 39.0 Å². The lowest BCUT2D eigenvalue weighted by Crippen LogP contribution is -2.23. The molecule has 3 rings (SSSR count). The Morgan fingerprint density at radius 1 is 1.04 bits per heavy atom. The molecule has 0 unspecified atom stereocenters. The molecule has 0 aliphatic heterocycles. The van der Waals surface area contributed by atoms with Gasteiger partial charge in [0.25, 0.3) is 5.91 Å². The first-order valence-corrected chi connectivity index (χ1v) is 9.26. The topological polar surface area (TPSA) is 67.4 Å². The van der Waals surface area contributed by atoms with Crippen molar-refractivity contribution in [1.82, 2.24) is 0 Å². The fourth-order valence-corrected chi connectivity index (χ4v) is 2.83. The van der Waals surface area contributed by atoms with Gasteiger partial charge in [-0.05, 0) is 42.0 Å². The number of carbonyl (C=O) groups excluding carboxylic acids is 2. The summed E-state index contributed by atoms with van der Waals surface area (Å²) < 4.78 is 5.60. The smallest absolute Gasteiger partial charge is 0.262 e. The van der Waals surface area contributed by atoms with Crippen molar-refractivity contribution in [3.05, 3.63) is 54.1 Å². The summed E-state index contributed by atoms with van der Waals surface area (Å²) in [4.78, 5) is 24.2. The molecule has 27 heavy (non-hydrogen) atoms. The largest absolute Gasteiger partial charge is 0.484 e. The van der Waals surface area contributed by atoms with Crippen LogP contribution in [0.1, 0.15) is 39.2 Å². The van der Waals surface area contributed by atoms with Crippen molar-refractivity contribution in [3.8, 4) is 5.75 Å². The van der Waals surface area contributed by atoms with Crippen LogP contribution in [0.4, 0.5) is 11.4 Å². The quantitative estimate of drug-likeness (QED) is 0.799. The van der Waals surface area contributed by atoms with E-state index in [0.717, 1.165) is 24.1 Å². The number of anilines is 2. The normalized spacial score (nSPS) is 13.7. The molecule has 5 heteroatoms. The molecule has 142 valence electrons. The van der Waals surface area contributed by atoms with E-state index in [2.05, 4.69) is 31.4 Å². The van der Waals surface area contributed by atoms with E-state index in [4.69, 9.17) is 4.74 Å². The number of nitrogens with one attached hydrogen (secondary N) is 2. The maximum absolute atomic E-state index is 12.3. The van der Waals surface area contributed by atoms with Gasteiger partial charge in [-0.25, -0.2) is 0 Å². The van der Waals surface area contributed by atoms with Gasteiger partial charge in [0.05, 0.1) is 0 Å². The first-order valence-electron chi connectivity index (χ1n) is 9.26. The average Bonchev–Trinajstić information content (AvgIpc) is 3.45. The van der Waals surface area contributed by atoms with Gasteiger partial charge in [0.1, 0.15) is 5.75 Å². The molecule has 0 atom stereocenters. The third kappa shape index (κ3) is 5.33. The van der Waals surface area contributed by atoms with Crippen LogP contribution in [0.5, 0.6) is 5.75 Å². The van der Waals surface area contributed by atoms with Crippen molar-refractivity contribution in [3.63, 3.8) is 0 Å². The highest BCUT2D eigenvalue weighted by Crippen LogP contribution is 2.31. The minimum absolute atomic E-state index is 0.0451. The maximum atomic E-state index is 12.3. The number of para-hydroxylation sites is 1. The van der Waals surface area contributed by atoms with Gasteiger partial charge in [-0.1, -0.05) is 45.0 Å². The summed E-state index contributed by atoms with van der Waals surface area (Å²) >= 11 is 0. The second kappa shape index (κ2) is 7.82. The third-order valence-electron chi connectivity index (χ3n) is 4.43. The predicted molar refractivity (Wildman–Crippen MR) is 107 cm³/mol. The number of carbonyl (C=O) groups is 2. The van der Waals surface area contributed by atoms with Crippen LogP contribution in [0.3, 0.4) is 0 Å². The minimum atomic E-state index is -0.223. The molecule has 0 aromatic heterocycles. The van der Waals surface area contributed by atoms with Crippen LogP contribution < -0.4 is 15.4 Å². The predicted octanol–water partition coefficient (Wildman–Crippen LogP) is 4.35. The van der Waals surface area contributed by atoms with Crippen LogP contribution in [-0.4, -0.2) is 18.4 Å². The van der Waals surface area contributed by atoms with Gasteiger partial charge in [-0.2, -0.15) is 0 Å². The Balaban J connectivity index is 1.57. The maximum Gasteiger partial charge on any atom is 0.262 e. The zero-order valence-electron chi connectivity index (χ0n) is 16.0. The molecule has 0 heterocycles. The van der Waals surface area contributed by atoms with Crippen molar-refractivity contribution in [2.24, 2.45) is 5.92 Å². The molecule has 1 aliphatic carbocycles. The Kier molecular flexibility index (Phi) is 5.49. The van der Waals surface area contributed by atoms with Crippen LogP contribution in [0.15, 0.2) is 48.5 Å². The van der Waals surface area contributed by atoms with Crippen LogP contribution in [-0.2, 0) is 15.0 Å². The molecule has 1 aliphatic rings. The lowest BCUT2D eigenvalue weighted by molar-refractivity contribution is -0.118. The van der Waals surface area contributed by atoms with E-state index in [1.165, 1.54) is 0 Å². The summed E-state index contributed by atoms with van der Waals surface area (Å²) in [5.74, 6) is 0.508. The number of hydrogen-bond acceptors (Lipinski definition) is 3. The second-order valence-corrected chi connectivity index (χ2v) is 7.92. The first kappa shape index (κ1) is 19.0. The standard InChI is InChI=1S/C22H26N2O3/c1-22(2,3)18-9-4-5-10-19(18)24-20(25)14-27-17-8-6-7-16(13-17)23-21(26)15-11-12-15/h4-10,13,15H,11-12,14H2,1-3H3,(H,23,26)(H,24,25). The van der Waals surface area contributed by atoms with E-state index in [1.807, 2.05) is 30.3 Å². The number of ether oxygens (including phenoxy) is 1. The Morgan fingerprint density at radius 3 is 2.48 bits per heavy atom. The average molecular weight is 366 g/mol. The van der Waals surface area contributed by atoms with Gasteiger partial charge in [-0.15, -0.1) is 0 Å². The third-order valence-corrected chi connectivity index (χ3v) is 4.43. The Labute approximate surface area is 160 Å². The molecule has 1 fully saturated rings. The fraction of sp³-hybridized carbons (Fsp3) is 0.364. The summed E-state index contributed by atoms with van der Waals surface area (Å²) in [6, 6.07) is 14.9. The van der Waals surface area contributed by atoms with Gasteiger partial charge in [0.2, 0.25) is 5.91 Å². The van der Waals surface area contributed by atoms with Gasteiger partial charge >= 0.3 is 0 Å². The van der Waals surface area contributed by atoms with Crippen molar-refractivity contribution in [1.29, 1.82) is 0 Å². The highest BCUT2D eigenvalue weighted by Gasteiger charge is 2.29. The van der Waals surface area contributed by atoms with Crippen LogP contribution in [0, 0.1) is 5.92 Å². The van der Waals surface area contributed by atoms with Crippen LogP contribution >= 0.6 is 0 Å². The molecular formula is C22H26N2O3. The Hall–Kier alpha value is -2.82. The molecule has 2 aromatic rings. The molecule has 0 saturated heterocycles. The Morgan fingerprint density at radius 2 is 1.78 bits per heavy atom. The SMILES string of the molecule is CC(C)(C)c1ccccc1NC(=O)COc1cccc(NC(=O)C2CC2)c1. The van der Waals surface area contributed by atoms with Crippen molar-refractivity contribution >= 4 is 23.2 Å². The molecule has 2 N–H and O–H groups in total. The number of rotatable bonds is 6. The number of amides is 2. The number of benzene rings is 2. The van der Waals surface area contributed by atoms with Crippen molar-refractivity contribution in [2.75, 3.05) is 17.2 Å². The van der Waals surface area contributed by atoms with E-state index in [-0.39, 0.29) is 29.8 Å². The lowest BCUT2D eigenvalue weighted by Gasteiger charge is -2.23. The minimum Gasteiger partial charge on any atom is -0.484 e. The summed E-state index contributed by atoms with van der Waals surface area (Å²) in [7, 11) is 0. The highest BCUT2D eigenvalue weighted by molar-refractivity contribution is 5.94. The van der Waals surface area contributed by atoms with E-state index >= 15 is 0 Å². The summed E-state index contributed by atoms with van der Waals surface area (Å²) in [5.41, 5.74) is 2.48.